The molecule has 0 bridgehead atoms. The van der Waals surface area contributed by atoms with E-state index in [1.54, 1.807) is 0 Å². The summed E-state index contributed by atoms with van der Waals surface area (Å²) in [7, 11) is 0. The summed E-state index contributed by atoms with van der Waals surface area (Å²) < 4.78 is 0. The van der Waals surface area contributed by atoms with E-state index in [-0.39, 0.29) is 18.4 Å². The van der Waals surface area contributed by atoms with E-state index in [1.807, 2.05) is 0 Å². The summed E-state index contributed by atoms with van der Waals surface area (Å²) >= 11 is 0.622. The van der Waals surface area contributed by atoms with Crippen molar-refractivity contribution in [2.24, 2.45) is 0 Å². The van der Waals surface area contributed by atoms with E-state index in [0.29, 0.717) is 37.6 Å². The van der Waals surface area contributed by atoms with Crippen LogP contribution >= 0.6 is 11.8 Å². The summed E-state index contributed by atoms with van der Waals surface area (Å²) in [6.45, 7) is 4.23. The Morgan fingerprint density at radius 1 is 1.00 bits per heavy atom. The van der Waals surface area contributed by atoms with Gasteiger partial charge in [0.25, 0.3) is 0 Å². The highest BCUT2D eigenvalue weighted by Gasteiger charge is 2.21. The Kier molecular flexibility index (Phi) is 11.3. The molecule has 0 aromatic carbocycles. The summed E-state index contributed by atoms with van der Waals surface area (Å²) in [6.07, 6.45) is 1.60. The van der Waals surface area contributed by atoms with Crippen molar-refractivity contribution in [3.63, 3.8) is 0 Å². The average Bonchev–Trinajstić information content (AvgIpc) is 2.50. The second kappa shape index (κ2) is 12.3. The van der Waals surface area contributed by atoms with Crippen LogP contribution < -0.4 is 16.0 Å². The van der Waals surface area contributed by atoms with Crippen LogP contribution in [0.2, 0.25) is 0 Å². The van der Waals surface area contributed by atoms with Gasteiger partial charge in [0.15, 0.2) is 0 Å². The molecule has 0 spiro atoms. The molecule has 0 saturated carbocycles. The monoisotopic (exact) mass is 375 g/mol. The fourth-order valence-electron chi connectivity index (χ4n) is 1.82. The Labute approximate surface area is 150 Å². The number of carboxylic acids is 1. The lowest BCUT2D eigenvalue weighted by Gasteiger charge is -2.17. The SMILES string of the molecule is CC(=O)NCCCC[C@H](NC(C)=O)C(=O)NCC(=O)S[C@H](C)C(=O)O. The Hall–Kier alpha value is -2.10. The number of nitrogens with one attached hydrogen (secondary N) is 3. The number of unbranched alkanes of at least 4 members (excludes halogenated alkanes) is 1. The molecular formula is C15H25N3O6S. The molecule has 9 nitrogen and oxygen atoms in total. The number of hydrogen-bond acceptors (Lipinski definition) is 6. The highest BCUT2D eigenvalue weighted by atomic mass is 32.2. The van der Waals surface area contributed by atoms with Gasteiger partial charge in [-0.25, -0.2) is 0 Å². The molecule has 0 saturated heterocycles. The van der Waals surface area contributed by atoms with Crippen LogP contribution in [0.4, 0.5) is 0 Å². The van der Waals surface area contributed by atoms with Gasteiger partial charge in [0.1, 0.15) is 11.3 Å². The van der Waals surface area contributed by atoms with Crippen LogP contribution in [0.25, 0.3) is 0 Å². The van der Waals surface area contributed by atoms with E-state index >= 15 is 0 Å². The fraction of sp³-hybridized carbons (Fsp3) is 0.667. The summed E-state index contributed by atoms with van der Waals surface area (Å²) in [6, 6.07) is -0.787. The Balaban J connectivity index is 4.34. The number of carboxylic acid groups (broad SMARTS) is 1. The highest BCUT2D eigenvalue weighted by molar-refractivity contribution is 8.14. The zero-order valence-electron chi connectivity index (χ0n) is 14.6. The zero-order chi connectivity index (χ0) is 19.4. The Bertz CT molecular complexity index is 511. The summed E-state index contributed by atoms with van der Waals surface area (Å²) in [5.74, 6) is -2.13. The third kappa shape index (κ3) is 12.0. The van der Waals surface area contributed by atoms with Crippen molar-refractivity contribution in [2.45, 2.75) is 51.3 Å². The molecule has 3 amide bonds. The van der Waals surface area contributed by atoms with Gasteiger partial charge < -0.3 is 21.1 Å². The number of aliphatic carboxylic acids is 1. The normalized spacial score (nSPS) is 12.6. The molecule has 4 N–H and O–H groups in total. The standard InChI is InChI=1S/C15H25N3O6S/c1-9(15(23)24)25-13(21)8-17-14(22)12(18-11(3)20)6-4-5-7-16-10(2)19/h9,12H,4-8H2,1-3H3,(H,16,19)(H,17,22)(H,18,20)(H,23,24)/t9-,12+/m1/s1. The number of thioether (sulfide) groups is 1. The summed E-state index contributed by atoms with van der Waals surface area (Å²) in [5, 5.41) is 14.9. The van der Waals surface area contributed by atoms with Crippen molar-refractivity contribution in [3.8, 4) is 0 Å². The molecule has 142 valence electrons. The second-order valence-electron chi connectivity index (χ2n) is 5.42. The van der Waals surface area contributed by atoms with Gasteiger partial charge in [-0.2, -0.15) is 0 Å². The highest BCUT2D eigenvalue weighted by Crippen LogP contribution is 2.11. The topological polar surface area (TPSA) is 142 Å². The number of carbonyl (C=O) groups excluding carboxylic acids is 4. The van der Waals surface area contributed by atoms with Gasteiger partial charge in [-0.3, -0.25) is 24.0 Å². The Morgan fingerprint density at radius 2 is 1.64 bits per heavy atom. The van der Waals surface area contributed by atoms with Crippen LogP contribution in [-0.4, -0.2) is 58.3 Å². The molecule has 0 fully saturated rings. The minimum absolute atomic E-state index is 0.136. The van der Waals surface area contributed by atoms with E-state index in [4.69, 9.17) is 5.11 Å². The minimum atomic E-state index is -1.11. The largest absolute Gasteiger partial charge is 0.480 e. The van der Waals surface area contributed by atoms with E-state index < -0.39 is 28.3 Å². The van der Waals surface area contributed by atoms with E-state index in [2.05, 4.69) is 16.0 Å². The first-order chi connectivity index (χ1) is 11.6. The molecule has 10 heteroatoms. The number of amides is 3. The maximum absolute atomic E-state index is 12.1. The van der Waals surface area contributed by atoms with Crippen molar-refractivity contribution in [1.82, 2.24) is 16.0 Å². The number of rotatable bonds is 11. The van der Waals surface area contributed by atoms with Gasteiger partial charge in [-0.05, 0) is 26.2 Å². The lowest BCUT2D eigenvalue weighted by molar-refractivity contribution is -0.136. The van der Waals surface area contributed by atoms with Crippen LogP contribution in [-0.2, 0) is 24.0 Å². The van der Waals surface area contributed by atoms with Crippen LogP contribution in [0.3, 0.4) is 0 Å². The van der Waals surface area contributed by atoms with Gasteiger partial charge in [0, 0.05) is 20.4 Å². The lowest BCUT2D eigenvalue weighted by atomic mass is 10.1. The average molecular weight is 375 g/mol. The molecule has 0 radical (unpaired) electrons. The number of hydrogen-bond donors (Lipinski definition) is 4. The van der Waals surface area contributed by atoms with Crippen LogP contribution in [0.1, 0.15) is 40.0 Å². The third-order valence-electron chi connectivity index (χ3n) is 3.05. The van der Waals surface area contributed by atoms with Crippen molar-refractivity contribution >= 4 is 40.6 Å². The fourth-order valence-corrected chi connectivity index (χ4v) is 2.47. The first-order valence-corrected chi connectivity index (χ1v) is 8.73. The molecule has 0 heterocycles. The van der Waals surface area contributed by atoms with Crippen LogP contribution in [0.15, 0.2) is 0 Å². The molecule has 0 unspecified atom stereocenters. The number of carbonyl (C=O) groups is 5. The predicted octanol–water partition coefficient (Wildman–Crippen LogP) is -0.353. The van der Waals surface area contributed by atoms with Gasteiger partial charge in [0.05, 0.1) is 6.54 Å². The van der Waals surface area contributed by atoms with Crippen LogP contribution in [0.5, 0.6) is 0 Å². The molecule has 0 aromatic rings. The smallest absolute Gasteiger partial charge is 0.316 e. The van der Waals surface area contributed by atoms with E-state index in [0.717, 1.165) is 0 Å². The summed E-state index contributed by atoms with van der Waals surface area (Å²) in [5.41, 5.74) is 0. The first-order valence-electron chi connectivity index (χ1n) is 7.85. The van der Waals surface area contributed by atoms with Crippen molar-refractivity contribution in [2.75, 3.05) is 13.1 Å². The van der Waals surface area contributed by atoms with E-state index in [9.17, 15) is 24.0 Å². The van der Waals surface area contributed by atoms with E-state index in [1.165, 1.54) is 20.8 Å². The molecule has 0 aliphatic carbocycles. The van der Waals surface area contributed by atoms with Crippen molar-refractivity contribution < 1.29 is 29.1 Å². The van der Waals surface area contributed by atoms with Crippen LogP contribution in [0, 0.1) is 0 Å². The quantitative estimate of drug-likeness (QED) is 0.362. The molecule has 2 atom stereocenters. The molecule has 0 rings (SSSR count). The second-order valence-corrected chi connectivity index (χ2v) is 6.82. The Morgan fingerprint density at radius 3 is 2.16 bits per heavy atom. The zero-order valence-corrected chi connectivity index (χ0v) is 15.4. The molecule has 0 aliphatic heterocycles. The predicted molar refractivity (Wildman–Crippen MR) is 92.8 cm³/mol. The van der Waals surface area contributed by atoms with Crippen molar-refractivity contribution in [3.05, 3.63) is 0 Å². The maximum atomic E-state index is 12.1. The first kappa shape index (κ1) is 22.9. The molecule has 0 aromatic heterocycles. The summed E-state index contributed by atoms with van der Waals surface area (Å²) in [4.78, 5) is 56.4. The van der Waals surface area contributed by atoms with Gasteiger partial charge in [-0.15, -0.1) is 0 Å². The van der Waals surface area contributed by atoms with Gasteiger partial charge in [0.2, 0.25) is 22.8 Å². The lowest BCUT2D eigenvalue weighted by Crippen LogP contribution is -2.47. The molecule has 25 heavy (non-hydrogen) atoms. The van der Waals surface area contributed by atoms with Gasteiger partial charge in [-0.1, -0.05) is 11.8 Å². The molecular weight excluding hydrogens is 350 g/mol. The minimum Gasteiger partial charge on any atom is -0.480 e. The van der Waals surface area contributed by atoms with Crippen molar-refractivity contribution in [1.29, 1.82) is 0 Å². The molecule has 0 aliphatic rings. The maximum Gasteiger partial charge on any atom is 0.316 e. The van der Waals surface area contributed by atoms with Gasteiger partial charge >= 0.3 is 5.97 Å². The third-order valence-corrected chi connectivity index (χ3v) is 4.01.